The van der Waals surface area contributed by atoms with E-state index in [1.807, 2.05) is 17.1 Å². The average Bonchev–Trinajstić information content (AvgIpc) is 2.72. The molecule has 0 bridgehead atoms. The number of ketones is 1. The van der Waals surface area contributed by atoms with Gasteiger partial charge in [0.15, 0.2) is 5.78 Å². The molecule has 1 unspecified atom stereocenters. The van der Waals surface area contributed by atoms with Gasteiger partial charge in [-0.2, -0.15) is 11.8 Å². The Bertz CT molecular complexity index is 294. The van der Waals surface area contributed by atoms with Crippen LogP contribution in [0.5, 0.6) is 0 Å². The first-order valence-electron chi connectivity index (χ1n) is 4.58. The van der Waals surface area contributed by atoms with Crippen molar-refractivity contribution < 1.29 is 4.79 Å². The quantitative estimate of drug-likeness (QED) is 0.837. The topological polar surface area (TPSA) is 42.0 Å². The van der Waals surface area contributed by atoms with Crippen LogP contribution < -0.4 is 5.32 Å². The molecule has 2 heterocycles. The second kappa shape index (κ2) is 4.91. The van der Waals surface area contributed by atoms with Gasteiger partial charge in [-0.1, -0.05) is 0 Å². The summed E-state index contributed by atoms with van der Waals surface area (Å²) < 4.78 is 0. The Balaban J connectivity index is 1.88. The molecular weight excluding hydrogens is 216 g/mol. The fourth-order valence-electron chi connectivity index (χ4n) is 1.38. The standard InChI is InChI=1S/C9H12N2OS2/c12-8(5-9-11-2-4-14-9)7-6-13-3-1-10-7/h2,4,7,10H,1,3,5-6H2. The lowest BCUT2D eigenvalue weighted by Crippen LogP contribution is -2.44. The van der Waals surface area contributed by atoms with Crippen LogP contribution in [-0.2, 0) is 11.2 Å². The van der Waals surface area contributed by atoms with E-state index >= 15 is 0 Å². The summed E-state index contributed by atoms with van der Waals surface area (Å²) in [6, 6.07) is 0.0395. The zero-order chi connectivity index (χ0) is 9.80. The molecule has 1 aliphatic rings. The summed E-state index contributed by atoms with van der Waals surface area (Å²) in [7, 11) is 0. The van der Waals surface area contributed by atoms with E-state index in [0.717, 1.165) is 23.1 Å². The van der Waals surface area contributed by atoms with E-state index in [1.165, 1.54) is 0 Å². The SMILES string of the molecule is O=C(Cc1nccs1)C1CSCCN1. The van der Waals surface area contributed by atoms with Gasteiger partial charge in [-0.25, -0.2) is 4.98 Å². The highest BCUT2D eigenvalue weighted by Crippen LogP contribution is 2.12. The minimum absolute atomic E-state index is 0.0395. The second-order valence-electron chi connectivity index (χ2n) is 3.15. The summed E-state index contributed by atoms with van der Waals surface area (Å²) in [6.07, 6.45) is 2.23. The molecule has 3 nitrogen and oxygen atoms in total. The van der Waals surface area contributed by atoms with Crippen molar-refractivity contribution in [3.05, 3.63) is 16.6 Å². The molecule has 0 radical (unpaired) electrons. The fraction of sp³-hybridized carbons (Fsp3) is 0.556. The van der Waals surface area contributed by atoms with Crippen LogP contribution in [-0.4, -0.2) is 34.9 Å². The number of aromatic nitrogens is 1. The summed E-state index contributed by atoms with van der Waals surface area (Å²) in [5.74, 6) is 2.29. The van der Waals surface area contributed by atoms with Gasteiger partial charge in [-0.05, 0) is 0 Å². The first-order chi connectivity index (χ1) is 6.86. The number of nitrogens with zero attached hydrogens (tertiary/aromatic N) is 1. The monoisotopic (exact) mass is 228 g/mol. The van der Waals surface area contributed by atoms with E-state index in [4.69, 9.17) is 0 Å². The van der Waals surface area contributed by atoms with Crippen LogP contribution in [0.2, 0.25) is 0 Å². The van der Waals surface area contributed by atoms with E-state index in [-0.39, 0.29) is 11.8 Å². The number of carbonyl (C=O) groups excluding carboxylic acids is 1. The molecule has 0 aliphatic carbocycles. The molecule has 76 valence electrons. The van der Waals surface area contributed by atoms with Crippen LogP contribution in [0, 0.1) is 0 Å². The van der Waals surface area contributed by atoms with E-state index in [1.54, 1.807) is 17.5 Å². The smallest absolute Gasteiger partial charge is 0.157 e. The van der Waals surface area contributed by atoms with E-state index in [9.17, 15) is 4.79 Å². The lowest BCUT2D eigenvalue weighted by molar-refractivity contribution is -0.119. The third-order valence-electron chi connectivity index (χ3n) is 2.12. The molecule has 1 N–H and O–H groups in total. The molecule has 1 fully saturated rings. The third-order valence-corrected chi connectivity index (χ3v) is 3.96. The Kier molecular flexibility index (Phi) is 3.55. The largest absolute Gasteiger partial charge is 0.306 e. The summed E-state index contributed by atoms with van der Waals surface area (Å²) in [5.41, 5.74) is 0. The zero-order valence-electron chi connectivity index (χ0n) is 7.73. The maximum absolute atomic E-state index is 11.8. The molecule has 1 saturated heterocycles. The van der Waals surface area contributed by atoms with Crippen LogP contribution in [0.1, 0.15) is 5.01 Å². The Labute approximate surface area is 91.3 Å². The van der Waals surface area contributed by atoms with Crippen molar-refractivity contribution in [1.29, 1.82) is 0 Å². The second-order valence-corrected chi connectivity index (χ2v) is 5.28. The molecule has 0 amide bonds. The van der Waals surface area contributed by atoms with Gasteiger partial charge >= 0.3 is 0 Å². The van der Waals surface area contributed by atoms with Crippen LogP contribution in [0.25, 0.3) is 0 Å². The molecule has 2 rings (SSSR count). The molecule has 1 aromatic heterocycles. The Hall–Kier alpha value is -0.390. The molecule has 1 aliphatic heterocycles. The Morgan fingerprint density at radius 1 is 1.71 bits per heavy atom. The van der Waals surface area contributed by atoms with Crippen molar-refractivity contribution >= 4 is 28.9 Å². The third kappa shape index (κ3) is 2.56. The lowest BCUT2D eigenvalue weighted by Gasteiger charge is -2.21. The summed E-state index contributed by atoms with van der Waals surface area (Å²) in [6.45, 7) is 0.943. The zero-order valence-corrected chi connectivity index (χ0v) is 9.37. The molecule has 0 saturated carbocycles. The number of thiazole rings is 1. The highest BCUT2D eigenvalue weighted by Gasteiger charge is 2.21. The summed E-state index contributed by atoms with van der Waals surface area (Å²) in [4.78, 5) is 15.9. The van der Waals surface area contributed by atoms with Crippen LogP contribution in [0.4, 0.5) is 0 Å². The lowest BCUT2D eigenvalue weighted by atomic mass is 10.1. The summed E-state index contributed by atoms with van der Waals surface area (Å²) in [5, 5.41) is 6.07. The predicted octanol–water partition coefficient (Wildman–Crippen LogP) is 0.960. The minimum atomic E-state index is 0.0395. The van der Waals surface area contributed by atoms with Gasteiger partial charge in [0.1, 0.15) is 0 Å². The van der Waals surface area contributed by atoms with Crippen molar-refractivity contribution in [2.75, 3.05) is 18.1 Å². The Morgan fingerprint density at radius 3 is 3.29 bits per heavy atom. The minimum Gasteiger partial charge on any atom is -0.306 e. The highest BCUT2D eigenvalue weighted by atomic mass is 32.2. The molecule has 0 spiro atoms. The van der Waals surface area contributed by atoms with Gasteiger partial charge in [-0.3, -0.25) is 4.79 Å². The Morgan fingerprint density at radius 2 is 2.64 bits per heavy atom. The molecule has 14 heavy (non-hydrogen) atoms. The summed E-state index contributed by atoms with van der Waals surface area (Å²) >= 11 is 3.39. The van der Waals surface area contributed by atoms with Crippen LogP contribution >= 0.6 is 23.1 Å². The van der Waals surface area contributed by atoms with Gasteiger partial charge in [0, 0.05) is 29.6 Å². The van der Waals surface area contributed by atoms with Crippen molar-refractivity contribution in [3.8, 4) is 0 Å². The van der Waals surface area contributed by atoms with Crippen LogP contribution in [0.15, 0.2) is 11.6 Å². The predicted molar refractivity (Wildman–Crippen MR) is 59.9 cm³/mol. The van der Waals surface area contributed by atoms with E-state index in [0.29, 0.717) is 6.42 Å². The maximum atomic E-state index is 11.8. The van der Waals surface area contributed by atoms with Crippen molar-refractivity contribution in [3.63, 3.8) is 0 Å². The van der Waals surface area contributed by atoms with Crippen molar-refractivity contribution in [1.82, 2.24) is 10.3 Å². The molecule has 5 heteroatoms. The average molecular weight is 228 g/mol. The van der Waals surface area contributed by atoms with Gasteiger partial charge in [0.25, 0.3) is 0 Å². The van der Waals surface area contributed by atoms with Gasteiger partial charge in [-0.15, -0.1) is 11.3 Å². The molecule has 1 aromatic rings. The number of hydrogen-bond donors (Lipinski definition) is 1. The first-order valence-corrected chi connectivity index (χ1v) is 6.62. The van der Waals surface area contributed by atoms with Gasteiger partial charge in [0.2, 0.25) is 0 Å². The normalized spacial score (nSPS) is 22.1. The van der Waals surface area contributed by atoms with Crippen LogP contribution in [0.3, 0.4) is 0 Å². The van der Waals surface area contributed by atoms with E-state index < -0.39 is 0 Å². The maximum Gasteiger partial charge on any atom is 0.157 e. The first kappa shape index (κ1) is 10.1. The number of Topliss-reactive ketones (excluding diaryl/α,β-unsaturated/α-hetero) is 1. The fourth-order valence-corrected chi connectivity index (χ4v) is 2.98. The molecule has 1 atom stereocenters. The highest BCUT2D eigenvalue weighted by molar-refractivity contribution is 7.99. The number of rotatable bonds is 3. The van der Waals surface area contributed by atoms with Gasteiger partial charge in [0.05, 0.1) is 17.5 Å². The number of thioether (sulfide) groups is 1. The molecular formula is C9H12N2OS2. The van der Waals surface area contributed by atoms with E-state index in [2.05, 4.69) is 10.3 Å². The molecule has 0 aromatic carbocycles. The number of carbonyl (C=O) groups is 1. The number of hydrogen-bond acceptors (Lipinski definition) is 5. The van der Waals surface area contributed by atoms with Crippen molar-refractivity contribution in [2.45, 2.75) is 12.5 Å². The van der Waals surface area contributed by atoms with Gasteiger partial charge < -0.3 is 5.32 Å². The van der Waals surface area contributed by atoms with Crippen molar-refractivity contribution in [2.24, 2.45) is 0 Å². The number of nitrogens with one attached hydrogen (secondary N) is 1.